The van der Waals surface area contributed by atoms with E-state index in [1.807, 2.05) is 24.3 Å². The minimum Gasteiger partial charge on any atom is -0.479 e. The third-order valence-electron chi connectivity index (χ3n) is 5.35. The van der Waals surface area contributed by atoms with Crippen LogP contribution in [0.15, 0.2) is 48.5 Å². The van der Waals surface area contributed by atoms with Crippen molar-refractivity contribution in [1.29, 1.82) is 0 Å². The fourth-order valence-corrected chi connectivity index (χ4v) is 3.55. The molecule has 0 aliphatic carbocycles. The Balaban J connectivity index is 2.04. The lowest BCUT2D eigenvalue weighted by Gasteiger charge is -2.18. The molecule has 1 heterocycles. The van der Waals surface area contributed by atoms with Gasteiger partial charge in [-0.1, -0.05) is 32.0 Å². The molecule has 0 bridgehead atoms. The molecule has 10 heteroatoms. The summed E-state index contributed by atoms with van der Waals surface area (Å²) in [5.41, 5.74) is 8.23. The van der Waals surface area contributed by atoms with E-state index in [-0.39, 0.29) is 29.6 Å². The van der Waals surface area contributed by atoms with Crippen LogP contribution >= 0.6 is 0 Å². The summed E-state index contributed by atoms with van der Waals surface area (Å²) in [5, 5.41) is 9.41. The Morgan fingerprint density at radius 3 is 2.35 bits per heavy atom. The van der Waals surface area contributed by atoms with Gasteiger partial charge >= 0.3 is 5.97 Å². The van der Waals surface area contributed by atoms with E-state index >= 15 is 0 Å². The maximum absolute atomic E-state index is 14.6. The van der Waals surface area contributed by atoms with Gasteiger partial charge in [0.05, 0.1) is 0 Å². The third kappa shape index (κ3) is 7.01. The summed E-state index contributed by atoms with van der Waals surface area (Å²) in [6.45, 7) is 3.88. The number of carboxylic acids is 1. The molecule has 2 aromatic carbocycles. The van der Waals surface area contributed by atoms with Gasteiger partial charge in [0, 0.05) is 32.3 Å². The summed E-state index contributed by atoms with van der Waals surface area (Å²) in [6.07, 6.45) is -1.30. The largest absolute Gasteiger partial charge is 0.479 e. The summed E-state index contributed by atoms with van der Waals surface area (Å²) >= 11 is 0. The number of aromatic nitrogens is 1. The van der Waals surface area contributed by atoms with Crippen LogP contribution in [0.1, 0.15) is 36.2 Å². The first-order valence-corrected chi connectivity index (χ1v) is 11.6. The van der Waals surface area contributed by atoms with Gasteiger partial charge in [-0.05, 0) is 53.3 Å². The smallest absolute Gasteiger partial charge is 0.344 e. The number of pyridine rings is 1. The van der Waals surface area contributed by atoms with E-state index in [1.54, 1.807) is 40.1 Å². The highest BCUT2D eigenvalue weighted by Crippen LogP contribution is 2.32. The van der Waals surface area contributed by atoms with Gasteiger partial charge in [-0.3, -0.25) is 4.79 Å². The van der Waals surface area contributed by atoms with Crippen molar-refractivity contribution in [2.24, 2.45) is 11.7 Å². The zero-order valence-electron chi connectivity index (χ0n) is 21.0. The van der Waals surface area contributed by atoms with Gasteiger partial charge < -0.3 is 25.2 Å². The lowest BCUT2D eigenvalue weighted by atomic mass is 10.00. The lowest BCUT2D eigenvalue weighted by molar-refractivity contribution is -0.146. The topological polar surface area (TPSA) is 115 Å². The van der Waals surface area contributed by atoms with Gasteiger partial charge in [0.1, 0.15) is 5.75 Å². The summed E-state index contributed by atoms with van der Waals surface area (Å²) in [7, 11) is 3.18. The average molecular weight is 514 g/mol. The first-order valence-electron chi connectivity index (χ1n) is 11.6. The van der Waals surface area contributed by atoms with Crippen LogP contribution in [0.25, 0.3) is 11.1 Å². The van der Waals surface area contributed by atoms with E-state index in [0.717, 1.165) is 11.1 Å². The molecule has 37 heavy (non-hydrogen) atoms. The lowest BCUT2D eigenvalue weighted by Crippen LogP contribution is -2.29. The molecule has 3 aromatic rings. The second-order valence-electron chi connectivity index (χ2n) is 9.09. The molecular formula is C27H29F2N3O5. The van der Waals surface area contributed by atoms with Gasteiger partial charge in [-0.2, -0.15) is 4.98 Å². The van der Waals surface area contributed by atoms with Gasteiger partial charge in [0.15, 0.2) is 17.7 Å². The van der Waals surface area contributed by atoms with Crippen molar-refractivity contribution in [2.45, 2.75) is 32.9 Å². The summed E-state index contributed by atoms with van der Waals surface area (Å²) in [5.74, 6) is -5.28. The second-order valence-corrected chi connectivity index (χ2v) is 9.09. The molecule has 0 aliphatic rings. The van der Waals surface area contributed by atoms with Crippen LogP contribution in [0.2, 0.25) is 0 Å². The Labute approximate surface area is 213 Å². The van der Waals surface area contributed by atoms with E-state index in [9.17, 15) is 23.5 Å². The highest BCUT2D eigenvalue weighted by atomic mass is 19.1. The molecule has 0 aliphatic heterocycles. The molecule has 196 valence electrons. The number of amides is 1. The Kier molecular flexibility index (Phi) is 8.77. The maximum Gasteiger partial charge on any atom is 0.344 e. The number of rotatable bonds is 10. The summed E-state index contributed by atoms with van der Waals surface area (Å²) in [6, 6.07) is 12.5. The molecule has 0 fully saturated rings. The number of carboxylic acid groups (broad SMARTS) is 1. The Bertz CT molecular complexity index is 1300. The number of nitrogens with two attached hydrogens (primary N) is 1. The molecule has 1 aromatic heterocycles. The molecule has 0 saturated carbocycles. The third-order valence-corrected chi connectivity index (χ3v) is 5.35. The zero-order chi connectivity index (χ0) is 27.3. The number of hydrogen-bond acceptors (Lipinski definition) is 6. The maximum atomic E-state index is 14.6. The van der Waals surface area contributed by atoms with Crippen molar-refractivity contribution in [3.05, 3.63) is 71.3 Å². The van der Waals surface area contributed by atoms with Gasteiger partial charge in [-0.15, -0.1) is 0 Å². The number of halogens is 2. The molecule has 8 nitrogen and oxygen atoms in total. The quantitative estimate of drug-likeness (QED) is 0.398. The molecule has 1 atom stereocenters. The number of carbonyl (C=O) groups excluding carboxylic acids is 1. The van der Waals surface area contributed by atoms with E-state index in [1.165, 1.54) is 11.0 Å². The number of benzene rings is 2. The normalized spacial score (nSPS) is 11.8. The second kappa shape index (κ2) is 11.8. The van der Waals surface area contributed by atoms with Crippen LogP contribution in [-0.4, -0.2) is 47.1 Å². The van der Waals surface area contributed by atoms with E-state index in [0.29, 0.717) is 18.2 Å². The van der Waals surface area contributed by atoms with Crippen molar-refractivity contribution < 1.29 is 33.0 Å². The zero-order valence-corrected chi connectivity index (χ0v) is 21.0. The summed E-state index contributed by atoms with van der Waals surface area (Å²) < 4.78 is 40.0. The van der Waals surface area contributed by atoms with Crippen LogP contribution in [0.4, 0.5) is 8.78 Å². The van der Waals surface area contributed by atoms with Crippen molar-refractivity contribution >= 4 is 11.9 Å². The molecule has 0 saturated heterocycles. The van der Waals surface area contributed by atoms with E-state index in [2.05, 4.69) is 4.98 Å². The van der Waals surface area contributed by atoms with Gasteiger partial charge in [0.2, 0.25) is 0 Å². The molecular weight excluding hydrogens is 484 g/mol. The minimum absolute atomic E-state index is 0.0572. The standard InChI is InChI=1S/C27H29F2N3O5/c1-15(2)8-23(27(34)35)37-25-22(29)13-21(28)24(31-25)36-20-11-18(10-19(12-20)26(33)32(3)4)17-7-5-6-16(9-17)14-30/h5-7,9-13,15,23H,8,14,30H2,1-4H3,(H,34,35). The van der Waals surface area contributed by atoms with Crippen LogP contribution in [0.3, 0.4) is 0 Å². The highest BCUT2D eigenvalue weighted by molar-refractivity contribution is 5.95. The first-order chi connectivity index (χ1) is 17.5. The molecule has 3 N–H and O–H groups in total. The Hall–Kier alpha value is -4.05. The van der Waals surface area contributed by atoms with Crippen molar-refractivity contribution in [3.63, 3.8) is 0 Å². The van der Waals surface area contributed by atoms with Crippen LogP contribution in [-0.2, 0) is 11.3 Å². The fourth-order valence-electron chi connectivity index (χ4n) is 3.55. The molecule has 0 radical (unpaired) electrons. The van der Waals surface area contributed by atoms with Gasteiger partial charge in [-0.25, -0.2) is 13.6 Å². The summed E-state index contributed by atoms with van der Waals surface area (Å²) in [4.78, 5) is 29.4. The minimum atomic E-state index is -1.39. The number of ether oxygens (including phenoxy) is 2. The Morgan fingerprint density at radius 2 is 1.73 bits per heavy atom. The van der Waals surface area contributed by atoms with Gasteiger partial charge in [0.25, 0.3) is 17.7 Å². The van der Waals surface area contributed by atoms with Crippen molar-refractivity contribution in [1.82, 2.24) is 9.88 Å². The van der Waals surface area contributed by atoms with E-state index < -0.39 is 35.5 Å². The number of carbonyl (C=O) groups is 2. The molecule has 0 spiro atoms. The van der Waals surface area contributed by atoms with Crippen molar-refractivity contribution in [3.8, 4) is 28.6 Å². The number of aliphatic carboxylic acids is 1. The van der Waals surface area contributed by atoms with Crippen LogP contribution in [0.5, 0.6) is 17.5 Å². The number of nitrogens with zero attached hydrogens (tertiary/aromatic N) is 2. The predicted molar refractivity (Wildman–Crippen MR) is 134 cm³/mol. The predicted octanol–water partition coefficient (Wildman–Crippen LogP) is 4.86. The number of hydrogen-bond donors (Lipinski definition) is 2. The van der Waals surface area contributed by atoms with Crippen LogP contribution in [0, 0.1) is 17.6 Å². The monoisotopic (exact) mass is 513 g/mol. The highest BCUT2D eigenvalue weighted by Gasteiger charge is 2.25. The molecule has 1 amide bonds. The Morgan fingerprint density at radius 1 is 1.03 bits per heavy atom. The van der Waals surface area contributed by atoms with Crippen LogP contribution < -0.4 is 15.2 Å². The first kappa shape index (κ1) is 27.5. The molecule has 1 unspecified atom stereocenters. The fraction of sp³-hybridized carbons (Fsp3) is 0.296. The van der Waals surface area contributed by atoms with Crippen molar-refractivity contribution in [2.75, 3.05) is 14.1 Å². The average Bonchev–Trinajstić information content (AvgIpc) is 2.85. The van der Waals surface area contributed by atoms with E-state index in [4.69, 9.17) is 15.2 Å². The SMILES string of the molecule is CC(C)CC(Oc1nc(Oc2cc(C(=O)N(C)C)cc(-c3cccc(CN)c3)c2)c(F)cc1F)C(=O)O. The molecule has 3 rings (SSSR count).